The summed E-state index contributed by atoms with van der Waals surface area (Å²) in [5.74, 6) is -1.92. The Hall–Kier alpha value is -5.82. The molecule has 1 aliphatic heterocycles. The summed E-state index contributed by atoms with van der Waals surface area (Å²) in [6.07, 6.45) is -3.62. The van der Waals surface area contributed by atoms with Crippen molar-refractivity contribution in [3.05, 3.63) is 114 Å². The van der Waals surface area contributed by atoms with Crippen LogP contribution in [-0.4, -0.2) is 68.7 Å². The molecule has 6 rings (SSSR count). The van der Waals surface area contributed by atoms with Gasteiger partial charge in [-0.25, -0.2) is 19.1 Å². The molecule has 0 bridgehead atoms. The molecule has 47 heavy (non-hydrogen) atoms. The molecule has 3 aromatic carbocycles. The van der Waals surface area contributed by atoms with E-state index in [0.717, 1.165) is 0 Å². The van der Waals surface area contributed by atoms with Crippen molar-refractivity contribution in [1.29, 1.82) is 0 Å². The number of ether oxygens (including phenoxy) is 5. The van der Waals surface area contributed by atoms with Gasteiger partial charge in [-0.1, -0.05) is 54.6 Å². The highest BCUT2D eigenvalue weighted by Gasteiger charge is 2.52. The third kappa shape index (κ3) is 6.89. The van der Waals surface area contributed by atoms with Gasteiger partial charge < -0.3 is 29.4 Å². The minimum Gasteiger partial charge on any atom is -0.474 e. The number of nitrogens with zero attached hydrogens (tertiary/aromatic N) is 4. The minimum atomic E-state index is -1.29. The number of hydrogen-bond donors (Lipinski definition) is 1. The van der Waals surface area contributed by atoms with Crippen LogP contribution in [0.15, 0.2) is 97.2 Å². The third-order valence-corrected chi connectivity index (χ3v) is 7.20. The summed E-state index contributed by atoms with van der Waals surface area (Å²) in [4.78, 5) is 48.4. The van der Waals surface area contributed by atoms with Crippen molar-refractivity contribution >= 4 is 34.9 Å². The number of aromatic nitrogens is 4. The second-order valence-corrected chi connectivity index (χ2v) is 10.9. The first-order chi connectivity index (χ1) is 22.8. The smallest absolute Gasteiger partial charge is 0.338 e. The van der Waals surface area contributed by atoms with E-state index in [1.165, 1.54) is 10.9 Å². The molecule has 0 aliphatic carbocycles. The van der Waals surface area contributed by atoms with E-state index in [1.54, 1.807) is 91.0 Å². The summed E-state index contributed by atoms with van der Waals surface area (Å²) >= 11 is 0. The molecule has 0 unspecified atom stereocenters. The first-order valence-electron chi connectivity index (χ1n) is 14.9. The quantitative estimate of drug-likeness (QED) is 0.170. The second kappa shape index (κ2) is 13.7. The average molecular weight is 638 g/mol. The summed E-state index contributed by atoms with van der Waals surface area (Å²) < 4.78 is 31.2. The molecular weight excluding hydrogens is 606 g/mol. The molecule has 2 aromatic heterocycles. The van der Waals surface area contributed by atoms with E-state index >= 15 is 0 Å². The van der Waals surface area contributed by atoms with Gasteiger partial charge in [-0.05, 0) is 50.2 Å². The molecule has 13 nitrogen and oxygen atoms in total. The molecule has 3 heterocycles. The van der Waals surface area contributed by atoms with Crippen LogP contribution < -0.4 is 10.5 Å². The predicted octanol–water partition coefficient (Wildman–Crippen LogP) is 4.40. The lowest BCUT2D eigenvalue weighted by atomic mass is 10.1. The van der Waals surface area contributed by atoms with E-state index in [4.69, 9.17) is 29.4 Å². The van der Waals surface area contributed by atoms with Gasteiger partial charge in [-0.2, -0.15) is 15.1 Å². The maximum Gasteiger partial charge on any atom is 0.338 e. The molecule has 0 spiro atoms. The van der Waals surface area contributed by atoms with Gasteiger partial charge in [-0.3, -0.25) is 0 Å². The zero-order chi connectivity index (χ0) is 32.9. The van der Waals surface area contributed by atoms with Crippen molar-refractivity contribution < 1.29 is 38.1 Å². The first kappa shape index (κ1) is 31.2. The van der Waals surface area contributed by atoms with Gasteiger partial charge in [0.2, 0.25) is 11.8 Å². The monoisotopic (exact) mass is 637 g/mol. The van der Waals surface area contributed by atoms with Crippen molar-refractivity contribution in [2.24, 2.45) is 0 Å². The van der Waals surface area contributed by atoms with Crippen molar-refractivity contribution in [2.75, 3.05) is 12.3 Å². The second-order valence-electron chi connectivity index (χ2n) is 10.9. The number of anilines is 1. The van der Waals surface area contributed by atoms with Crippen LogP contribution in [0.4, 0.5) is 5.95 Å². The normalized spacial score (nSPS) is 19.0. The lowest BCUT2D eigenvalue weighted by Gasteiger charge is -2.24. The fourth-order valence-corrected chi connectivity index (χ4v) is 5.07. The highest BCUT2D eigenvalue weighted by Crippen LogP contribution is 2.37. The third-order valence-electron chi connectivity index (χ3n) is 7.20. The molecule has 1 saturated heterocycles. The van der Waals surface area contributed by atoms with Crippen LogP contribution in [0.5, 0.6) is 5.88 Å². The van der Waals surface area contributed by atoms with Gasteiger partial charge in [0.15, 0.2) is 24.1 Å². The number of rotatable bonds is 10. The maximum atomic E-state index is 13.5. The summed E-state index contributed by atoms with van der Waals surface area (Å²) in [5.41, 5.74) is 7.08. The van der Waals surface area contributed by atoms with Crippen LogP contribution in [-0.2, 0) is 18.9 Å². The van der Waals surface area contributed by atoms with E-state index in [1.807, 2.05) is 13.8 Å². The summed E-state index contributed by atoms with van der Waals surface area (Å²) in [5, 5.41) is 4.90. The van der Waals surface area contributed by atoms with Crippen LogP contribution >= 0.6 is 0 Å². The average Bonchev–Trinajstić information content (AvgIpc) is 3.65. The van der Waals surface area contributed by atoms with E-state index < -0.39 is 42.4 Å². The van der Waals surface area contributed by atoms with E-state index in [2.05, 4.69) is 15.1 Å². The topological polar surface area (TPSA) is 167 Å². The molecule has 240 valence electrons. The van der Waals surface area contributed by atoms with Crippen molar-refractivity contribution in [3.8, 4) is 5.88 Å². The van der Waals surface area contributed by atoms with Crippen molar-refractivity contribution in [3.63, 3.8) is 0 Å². The Morgan fingerprint density at radius 2 is 1.32 bits per heavy atom. The largest absolute Gasteiger partial charge is 0.474 e. The Morgan fingerprint density at radius 1 is 0.787 bits per heavy atom. The molecule has 0 saturated carbocycles. The van der Waals surface area contributed by atoms with Crippen LogP contribution in [0, 0.1) is 0 Å². The number of carbonyl (C=O) groups is 3. The predicted molar refractivity (Wildman–Crippen MR) is 167 cm³/mol. The van der Waals surface area contributed by atoms with Crippen LogP contribution in [0.25, 0.3) is 11.0 Å². The minimum absolute atomic E-state index is 0.0916. The highest BCUT2D eigenvalue weighted by molar-refractivity contribution is 5.91. The molecule has 4 atom stereocenters. The van der Waals surface area contributed by atoms with Gasteiger partial charge in [0, 0.05) is 0 Å². The number of carbonyl (C=O) groups excluding carboxylic acids is 3. The highest BCUT2D eigenvalue weighted by atomic mass is 16.7. The number of nitrogens with two attached hydrogens (primary N) is 1. The maximum absolute atomic E-state index is 13.5. The van der Waals surface area contributed by atoms with Crippen LogP contribution in [0.1, 0.15) is 51.1 Å². The zero-order valence-corrected chi connectivity index (χ0v) is 25.5. The van der Waals surface area contributed by atoms with Gasteiger partial charge >= 0.3 is 17.9 Å². The fourth-order valence-electron chi connectivity index (χ4n) is 5.07. The zero-order valence-electron chi connectivity index (χ0n) is 25.5. The lowest BCUT2D eigenvalue weighted by Crippen LogP contribution is -2.41. The van der Waals surface area contributed by atoms with E-state index in [-0.39, 0.29) is 41.3 Å². The summed E-state index contributed by atoms with van der Waals surface area (Å²) in [7, 11) is 0. The Morgan fingerprint density at radius 3 is 1.87 bits per heavy atom. The Kier molecular flexibility index (Phi) is 9.06. The number of fused-ring (bicyclic) bond motifs is 1. The molecule has 0 amide bonds. The van der Waals surface area contributed by atoms with Gasteiger partial charge in [0.05, 0.1) is 29.0 Å². The van der Waals surface area contributed by atoms with Crippen LogP contribution in [0.3, 0.4) is 0 Å². The number of hydrogen-bond acceptors (Lipinski definition) is 12. The Balaban J connectivity index is 1.40. The Labute approximate surface area is 269 Å². The van der Waals surface area contributed by atoms with Gasteiger partial charge in [-0.15, -0.1) is 0 Å². The first-order valence-corrected chi connectivity index (χ1v) is 14.9. The molecule has 1 aliphatic rings. The lowest BCUT2D eigenvalue weighted by molar-refractivity contribution is -0.0654. The fraction of sp³-hybridized carbons (Fsp3) is 0.235. The summed E-state index contributed by atoms with van der Waals surface area (Å²) in [6.45, 7) is 3.32. The van der Waals surface area contributed by atoms with Crippen LogP contribution in [0.2, 0.25) is 0 Å². The van der Waals surface area contributed by atoms with E-state index in [0.29, 0.717) is 10.9 Å². The number of esters is 3. The molecule has 0 radical (unpaired) electrons. The molecule has 13 heteroatoms. The van der Waals surface area contributed by atoms with Crippen molar-refractivity contribution in [2.45, 2.75) is 44.5 Å². The SMILES string of the molecule is CC(C)Oc1nc(N)nc2c1cnn2[C@@H]1O[C@H](COC(=O)c2ccccc2)[C@@H](OC(=O)c2ccccc2)[C@H]1OC(=O)c1ccccc1. The Bertz CT molecular complexity index is 1870. The van der Waals surface area contributed by atoms with Gasteiger partial charge in [0.1, 0.15) is 18.1 Å². The molecule has 5 aromatic rings. The van der Waals surface area contributed by atoms with E-state index in [9.17, 15) is 14.4 Å². The van der Waals surface area contributed by atoms with Crippen molar-refractivity contribution in [1.82, 2.24) is 19.7 Å². The standard InChI is InChI=1S/C34H31N5O8/c1-20(2)44-29-24-18-36-39(28(24)37-34(35)38-29)30-27(47-33(42)23-16-10-5-11-17-23)26(46-32(41)22-14-8-4-9-15-22)25(45-30)19-43-31(40)21-12-6-3-7-13-21/h3-18,20,25-27,30H,19H2,1-2H3,(H2,35,37,38)/t25-,26-,27-,30-/m1/s1. The van der Waals surface area contributed by atoms with Gasteiger partial charge in [0.25, 0.3) is 0 Å². The number of benzene rings is 3. The summed E-state index contributed by atoms with van der Waals surface area (Å²) in [6, 6.07) is 25.0. The molecular formula is C34H31N5O8. The number of nitrogen functional groups attached to an aromatic ring is 1. The molecule has 1 fully saturated rings. The molecule has 2 N–H and O–H groups in total.